The zero-order valence-electron chi connectivity index (χ0n) is 16.5. The Morgan fingerprint density at radius 2 is 1.50 bits per heavy atom. The highest BCUT2D eigenvalue weighted by Crippen LogP contribution is 2.23. The van der Waals surface area contributed by atoms with Crippen LogP contribution in [0.2, 0.25) is 0 Å². The van der Waals surface area contributed by atoms with Crippen molar-refractivity contribution in [2.75, 3.05) is 85.0 Å². The van der Waals surface area contributed by atoms with Gasteiger partial charge in [0.15, 0.2) is 0 Å². The summed E-state index contributed by atoms with van der Waals surface area (Å²) in [6, 6.07) is -0.310. The second-order valence-corrected chi connectivity index (χ2v) is 11.4. The first-order valence-electron chi connectivity index (χ1n) is 9.88. The third kappa shape index (κ3) is 5.63. The number of hydrogen-bond donors (Lipinski definition) is 0. The standard InChI is InChI=1S/C16H32N4O6S2/c1-27(21,22)20(5-2-4-17-7-11-25-12-8-17)16-3-6-19(15-16)28(23,24)18-9-13-26-14-10-18/h16H,2-15H2,1H3. The molecule has 1 unspecified atom stereocenters. The maximum atomic E-state index is 12.8. The van der Waals surface area contributed by atoms with E-state index in [0.717, 1.165) is 26.1 Å². The van der Waals surface area contributed by atoms with Crippen LogP contribution in [0.3, 0.4) is 0 Å². The van der Waals surface area contributed by atoms with Crippen LogP contribution in [0.25, 0.3) is 0 Å². The Hall–Kier alpha value is -0.340. The van der Waals surface area contributed by atoms with E-state index >= 15 is 0 Å². The van der Waals surface area contributed by atoms with Crippen LogP contribution >= 0.6 is 0 Å². The minimum Gasteiger partial charge on any atom is -0.379 e. The molecular weight excluding hydrogens is 408 g/mol. The zero-order valence-corrected chi connectivity index (χ0v) is 18.2. The molecule has 0 aromatic carbocycles. The zero-order chi connectivity index (χ0) is 20.2. The summed E-state index contributed by atoms with van der Waals surface area (Å²) in [5, 5.41) is 0. The number of rotatable bonds is 8. The van der Waals surface area contributed by atoms with Gasteiger partial charge in [-0.05, 0) is 19.4 Å². The predicted octanol–water partition coefficient (Wildman–Crippen LogP) is -1.38. The smallest absolute Gasteiger partial charge is 0.282 e. The third-order valence-electron chi connectivity index (χ3n) is 5.54. The minimum absolute atomic E-state index is 0.213. The number of sulfonamides is 1. The average molecular weight is 441 g/mol. The van der Waals surface area contributed by atoms with Gasteiger partial charge in [-0.1, -0.05) is 0 Å². The van der Waals surface area contributed by atoms with Crippen molar-refractivity contribution in [1.82, 2.24) is 17.8 Å². The molecule has 3 heterocycles. The van der Waals surface area contributed by atoms with E-state index in [1.54, 1.807) is 0 Å². The third-order valence-corrected chi connectivity index (χ3v) is 8.87. The van der Waals surface area contributed by atoms with Crippen molar-refractivity contribution in [3.63, 3.8) is 0 Å². The summed E-state index contributed by atoms with van der Waals surface area (Å²) in [7, 11) is -6.98. The molecule has 0 saturated carbocycles. The summed E-state index contributed by atoms with van der Waals surface area (Å²) in [4.78, 5) is 2.27. The van der Waals surface area contributed by atoms with Crippen molar-refractivity contribution in [2.45, 2.75) is 18.9 Å². The number of nitrogens with zero attached hydrogens (tertiary/aromatic N) is 4. The van der Waals surface area contributed by atoms with Crippen molar-refractivity contribution < 1.29 is 26.3 Å². The average Bonchev–Trinajstić information content (AvgIpc) is 3.16. The van der Waals surface area contributed by atoms with Gasteiger partial charge in [-0.25, -0.2) is 8.42 Å². The van der Waals surface area contributed by atoms with Crippen LogP contribution in [-0.2, 0) is 29.7 Å². The van der Waals surface area contributed by atoms with Crippen LogP contribution in [0.4, 0.5) is 0 Å². The molecule has 0 aromatic rings. The van der Waals surface area contributed by atoms with Crippen molar-refractivity contribution in [3.8, 4) is 0 Å². The molecule has 0 bridgehead atoms. The van der Waals surface area contributed by atoms with Crippen LogP contribution in [0.15, 0.2) is 0 Å². The first-order valence-corrected chi connectivity index (χ1v) is 13.1. The molecule has 0 aliphatic carbocycles. The van der Waals surface area contributed by atoms with Gasteiger partial charge in [0.05, 0.1) is 32.7 Å². The van der Waals surface area contributed by atoms with E-state index in [-0.39, 0.29) is 12.6 Å². The Balaban J connectivity index is 1.57. The van der Waals surface area contributed by atoms with Crippen LogP contribution < -0.4 is 0 Å². The minimum atomic E-state index is -3.57. The van der Waals surface area contributed by atoms with Gasteiger partial charge < -0.3 is 9.47 Å². The molecule has 12 heteroatoms. The Kier molecular flexibility index (Phi) is 7.70. The van der Waals surface area contributed by atoms with Crippen LogP contribution in [0.5, 0.6) is 0 Å². The highest BCUT2D eigenvalue weighted by atomic mass is 32.2. The molecule has 3 fully saturated rings. The van der Waals surface area contributed by atoms with Crippen molar-refractivity contribution in [3.05, 3.63) is 0 Å². The molecule has 28 heavy (non-hydrogen) atoms. The lowest BCUT2D eigenvalue weighted by Crippen LogP contribution is -2.49. The first-order chi connectivity index (χ1) is 13.3. The topological polar surface area (TPSA) is 99.7 Å². The van der Waals surface area contributed by atoms with Gasteiger partial charge in [0.2, 0.25) is 10.0 Å². The van der Waals surface area contributed by atoms with Gasteiger partial charge in [-0.15, -0.1) is 0 Å². The maximum Gasteiger partial charge on any atom is 0.282 e. The molecule has 164 valence electrons. The van der Waals surface area contributed by atoms with E-state index in [2.05, 4.69) is 4.90 Å². The monoisotopic (exact) mass is 440 g/mol. The van der Waals surface area contributed by atoms with E-state index in [9.17, 15) is 16.8 Å². The van der Waals surface area contributed by atoms with E-state index in [1.165, 1.54) is 19.2 Å². The lowest BCUT2D eigenvalue weighted by Gasteiger charge is -2.31. The molecule has 10 nitrogen and oxygen atoms in total. The van der Waals surface area contributed by atoms with Crippen molar-refractivity contribution >= 4 is 20.2 Å². The Morgan fingerprint density at radius 3 is 2.11 bits per heavy atom. The summed E-state index contributed by atoms with van der Waals surface area (Å²) in [6.45, 7) is 6.44. The Bertz CT molecular complexity index is 705. The van der Waals surface area contributed by atoms with Gasteiger partial charge >= 0.3 is 0 Å². The molecule has 0 N–H and O–H groups in total. The lowest BCUT2D eigenvalue weighted by molar-refractivity contribution is 0.0366. The van der Waals surface area contributed by atoms with E-state index in [0.29, 0.717) is 59.0 Å². The Labute approximate surface area is 168 Å². The van der Waals surface area contributed by atoms with E-state index < -0.39 is 20.2 Å². The molecule has 3 aliphatic heterocycles. The van der Waals surface area contributed by atoms with Gasteiger partial charge in [0.1, 0.15) is 0 Å². The summed E-state index contributed by atoms with van der Waals surface area (Å²) >= 11 is 0. The molecule has 3 rings (SSSR count). The fourth-order valence-electron chi connectivity index (χ4n) is 3.99. The second kappa shape index (κ2) is 9.65. The molecule has 3 aliphatic rings. The quantitative estimate of drug-likeness (QED) is 0.459. The number of ether oxygens (including phenoxy) is 2. The van der Waals surface area contributed by atoms with Crippen molar-refractivity contribution in [1.29, 1.82) is 0 Å². The van der Waals surface area contributed by atoms with Crippen molar-refractivity contribution in [2.24, 2.45) is 0 Å². The van der Waals surface area contributed by atoms with Gasteiger partial charge in [0.25, 0.3) is 10.2 Å². The summed E-state index contributed by atoms with van der Waals surface area (Å²) < 4.78 is 65.3. The van der Waals surface area contributed by atoms with Gasteiger partial charge in [0, 0.05) is 51.9 Å². The summed E-state index contributed by atoms with van der Waals surface area (Å²) in [6.07, 6.45) is 2.45. The van der Waals surface area contributed by atoms with Crippen LogP contribution in [0.1, 0.15) is 12.8 Å². The fourth-order valence-corrected chi connectivity index (χ4v) is 6.80. The number of hydrogen-bond acceptors (Lipinski definition) is 7. The maximum absolute atomic E-state index is 12.8. The Morgan fingerprint density at radius 1 is 0.893 bits per heavy atom. The molecule has 0 spiro atoms. The first kappa shape index (κ1) is 22.3. The normalized spacial score (nSPS) is 26.9. The van der Waals surface area contributed by atoms with E-state index in [1.807, 2.05) is 0 Å². The molecule has 3 saturated heterocycles. The largest absolute Gasteiger partial charge is 0.379 e. The molecule has 0 radical (unpaired) electrons. The molecule has 0 amide bonds. The lowest BCUT2D eigenvalue weighted by atomic mass is 10.2. The fraction of sp³-hybridized carbons (Fsp3) is 1.00. The molecule has 0 aromatic heterocycles. The second-order valence-electron chi connectivity index (χ2n) is 7.50. The van der Waals surface area contributed by atoms with Gasteiger partial charge in [-0.2, -0.15) is 21.3 Å². The highest BCUT2D eigenvalue weighted by Gasteiger charge is 2.40. The summed E-state index contributed by atoms with van der Waals surface area (Å²) in [5.74, 6) is 0. The highest BCUT2D eigenvalue weighted by molar-refractivity contribution is 7.88. The van der Waals surface area contributed by atoms with Crippen LogP contribution in [0, 0.1) is 0 Å². The van der Waals surface area contributed by atoms with Crippen LogP contribution in [-0.4, -0.2) is 126 Å². The molecular formula is C16H32N4O6S2. The SMILES string of the molecule is CS(=O)(=O)N(CCCN1CCOCC1)C1CCN(S(=O)(=O)N2CCOCC2)C1. The predicted molar refractivity (Wildman–Crippen MR) is 105 cm³/mol. The number of morpholine rings is 2. The summed E-state index contributed by atoms with van der Waals surface area (Å²) in [5.41, 5.74) is 0. The van der Waals surface area contributed by atoms with Gasteiger partial charge in [-0.3, -0.25) is 4.90 Å². The van der Waals surface area contributed by atoms with E-state index in [4.69, 9.17) is 9.47 Å². The molecule has 1 atom stereocenters.